The van der Waals surface area contributed by atoms with Crippen LogP contribution in [-0.2, 0) is 19.1 Å². The van der Waals surface area contributed by atoms with Crippen molar-refractivity contribution < 1.29 is 9.90 Å². The number of nitrogens with zero attached hydrogens (tertiary/aromatic N) is 2. The van der Waals surface area contributed by atoms with Crippen LogP contribution in [0.25, 0.3) is 0 Å². The second kappa shape index (κ2) is 5.33. The number of fused-ring (bicyclic) bond motifs is 1. The van der Waals surface area contributed by atoms with Crippen LogP contribution < -0.4 is 5.32 Å². The molecule has 1 aliphatic carbocycles. The zero-order chi connectivity index (χ0) is 14.9. The Balaban J connectivity index is 1.74. The van der Waals surface area contributed by atoms with Crippen LogP contribution in [0.2, 0.25) is 0 Å². The lowest BCUT2D eigenvalue weighted by molar-refractivity contribution is 0.0189. The topological polar surface area (TPSA) is 67.2 Å². The fourth-order valence-corrected chi connectivity index (χ4v) is 2.95. The Morgan fingerprint density at radius 1 is 1.48 bits per heavy atom. The average Bonchev–Trinajstić information content (AvgIpc) is 2.92. The van der Waals surface area contributed by atoms with E-state index in [4.69, 9.17) is 0 Å². The molecule has 0 saturated carbocycles. The lowest BCUT2D eigenvalue weighted by Gasteiger charge is -2.34. The summed E-state index contributed by atoms with van der Waals surface area (Å²) >= 11 is 0. The zero-order valence-electron chi connectivity index (χ0n) is 12.0. The van der Waals surface area contributed by atoms with Crippen LogP contribution in [0.4, 0.5) is 0 Å². The Hall–Kier alpha value is -2.14. The molecule has 1 amide bonds. The quantitative estimate of drug-likeness (QED) is 0.895. The van der Waals surface area contributed by atoms with Gasteiger partial charge in [0.1, 0.15) is 5.60 Å². The average molecular weight is 285 g/mol. The molecule has 21 heavy (non-hydrogen) atoms. The van der Waals surface area contributed by atoms with Crippen LogP contribution in [0, 0.1) is 0 Å². The lowest BCUT2D eigenvalue weighted by Crippen LogP contribution is -2.42. The number of hydrogen-bond donors (Lipinski definition) is 2. The van der Waals surface area contributed by atoms with Crippen LogP contribution in [0.3, 0.4) is 0 Å². The van der Waals surface area contributed by atoms with Crippen molar-refractivity contribution in [2.24, 2.45) is 7.05 Å². The molecule has 5 heteroatoms. The number of rotatable bonds is 3. The molecule has 1 heterocycles. The minimum Gasteiger partial charge on any atom is -0.383 e. The molecule has 1 atom stereocenters. The summed E-state index contributed by atoms with van der Waals surface area (Å²) in [4.78, 5) is 12.1. The van der Waals surface area contributed by atoms with Gasteiger partial charge in [0.25, 0.3) is 5.91 Å². The van der Waals surface area contributed by atoms with E-state index in [0.717, 1.165) is 18.4 Å². The number of carbonyl (C=O) groups excluding carboxylic acids is 1. The number of aliphatic hydroxyl groups is 1. The maximum atomic E-state index is 12.1. The maximum Gasteiger partial charge on any atom is 0.254 e. The number of amides is 1. The van der Waals surface area contributed by atoms with Crippen LogP contribution >= 0.6 is 0 Å². The van der Waals surface area contributed by atoms with Gasteiger partial charge in [0.2, 0.25) is 0 Å². The van der Waals surface area contributed by atoms with Crippen LogP contribution in [0.1, 0.15) is 34.3 Å². The summed E-state index contributed by atoms with van der Waals surface area (Å²) < 4.78 is 1.58. The van der Waals surface area contributed by atoms with Gasteiger partial charge in [-0.1, -0.05) is 24.3 Å². The Morgan fingerprint density at radius 2 is 2.29 bits per heavy atom. The molecule has 1 unspecified atom stereocenters. The smallest absolute Gasteiger partial charge is 0.254 e. The Labute approximate surface area is 123 Å². The molecule has 1 aromatic carbocycles. The molecule has 110 valence electrons. The van der Waals surface area contributed by atoms with E-state index in [9.17, 15) is 9.90 Å². The standard InChI is InChI=1S/C16H19N3O2/c1-19-10-13(9-18-19)15(20)17-11-16(21)8-4-6-12-5-2-3-7-14(12)16/h2-3,5,7,9-10,21H,4,6,8,11H2,1H3,(H,17,20). The third kappa shape index (κ3) is 2.69. The van der Waals surface area contributed by atoms with Gasteiger partial charge in [-0.3, -0.25) is 9.48 Å². The monoisotopic (exact) mass is 285 g/mol. The molecular weight excluding hydrogens is 266 g/mol. The molecular formula is C16H19N3O2. The fourth-order valence-electron chi connectivity index (χ4n) is 2.95. The third-order valence-corrected chi connectivity index (χ3v) is 4.06. The summed E-state index contributed by atoms with van der Waals surface area (Å²) in [6.07, 6.45) is 5.75. The molecule has 5 nitrogen and oxygen atoms in total. The minimum absolute atomic E-state index is 0.209. The Morgan fingerprint density at radius 3 is 3.05 bits per heavy atom. The highest BCUT2D eigenvalue weighted by Crippen LogP contribution is 2.34. The van der Waals surface area contributed by atoms with Crippen molar-refractivity contribution >= 4 is 5.91 Å². The van der Waals surface area contributed by atoms with Crippen molar-refractivity contribution in [1.29, 1.82) is 0 Å². The van der Waals surface area contributed by atoms with Gasteiger partial charge in [-0.15, -0.1) is 0 Å². The molecule has 0 fully saturated rings. The van der Waals surface area contributed by atoms with Crippen molar-refractivity contribution in [2.45, 2.75) is 24.9 Å². The number of carbonyl (C=O) groups is 1. The van der Waals surface area contributed by atoms with Crippen molar-refractivity contribution in [3.63, 3.8) is 0 Å². The first-order chi connectivity index (χ1) is 10.1. The first-order valence-corrected chi connectivity index (χ1v) is 7.16. The first-order valence-electron chi connectivity index (χ1n) is 7.16. The van der Waals surface area contributed by atoms with E-state index < -0.39 is 5.60 Å². The fraction of sp³-hybridized carbons (Fsp3) is 0.375. The van der Waals surface area contributed by atoms with Crippen molar-refractivity contribution in [3.8, 4) is 0 Å². The molecule has 0 radical (unpaired) electrons. The summed E-state index contributed by atoms with van der Waals surface area (Å²) in [5.74, 6) is -0.209. The largest absolute Gasteiger partial charge is 0.383 e. The normalized spacial score (nSPS) is 20.9. The summed E-state index contributed by atoms with van der Waals surface area (Å²) in [6.45, 7) is 0.220. The van der Waals surface area contributed by atoms with Gasteiger partial charge in [-0.2, -0.15) is 5.10 Å². The molecule has 1 aromatic heterocycles. The molecule has 0 bridgehead atoms. The van der Waals surface area contributed by atoms with Crippen LogP contribution in [0.5, 0.6) is 0 Å². The van der Waals surface area contributed by atoms with Crippen LogP contribution in [-0.4, -0.2) is 27.3 Å². The summed E-state index contributed by atoms with van der Waals surface area (Å²) in [7, 11) is 1.77. The molecule has 2 N–H and O–H groups in total. The predicted molar refractivity (Wildman–Crippen MR) is 78.8 cm³/mol. The molecule has 0 spiro atoms. The van der Waals surface area contributed by atoms with Gasteiger partial charge in [0.05, 0.1) is 18.3 Å². The van der Waals surface area contributed by atoms with E-state index in [0.29, 0.717) is 12.0 Å². The molecule has 2 aromatic rings. The van der Waals surface area contributed by atoms with Crippen molar-refractivity contribution in [1.82, 2.24) is 15.1 Å². The molecule has 0 aliphatic heterocycles. The summed E-state index contributed by atoms with van der Waals surface area (Å²) in [5.41, 5.74) is 1.63. The number of aryl methyl sites for hydroxylation is 2. The molecule has 1 aliphatic rings. The lowest BCUT2D eigenvalue weighted by atomic mass is 9.79. The van der Waals surface area contributed by atoms with Gasteiger partial charge >= 0.3 is 0 Å². The van der Waals surface area contributed by atoms with Gasteiger partial charge in [0, 0.05) is 13.2 Å². The Bertz CT molecular complexity index is 665. The van der Waals surface area contributed by atoms with Gasteiger partial charge in [0.15, 0.2) is 0 Å². The van der Waals surface area contributed by atoms with E-state index in [1.54, 1.807) is 17.9 Å². The van der Waals surface area contributed by atoms with E-state index in [1.165, 1.54) is 11.8 Å². The number of hydrogen-bond acceptors (Lipinski definition) is 3. The SMILES string of the molecule is Cn1cc(C(=O)NCC2(O)CCCc3ccccc32)cn1. The highest BCUT2D eigenvalue weighted by Gasteiger charge is 2.34. The van der Waals surface area contributed by atoms with Gasteiger partial charge < -0.3 is 10.4 Å². The second-order valence-corrected chi connectivity index (χ2v) is 5.63. The van der Waals surface area contributed by atoms with Gasteiger partial charge in [-0.25, -0.2) is 0 Å². The number of nitrogens with one attached hydrogen (secondary N) is 1. The summed E-state index contributed by atoms with van der Waals surface area (Å²) in [6, 6.07) is 7.91. The van der Waals surface area contributed by atoms with Gasteiger partial charge in [-0.05, 0) is 30.4 Å². The highest BCUT2D eigenvalue weighted by molar-refractivity contribution is 5.93. The van der Waals surface area contributed by atoms with Crippen molar-refractivity contribution in [3.05, 3.63) is 53.3 Å². The zero-order valence-corrected chi connectivity index (χ0v) is 12.0. The maximum absolute atomic E-state index is 12.1. The van der Waals surface area contributed by atoms with E-state index in [1.807, 2.05) is 24.3 Å². The van der Waals surface area contributed by atoms with E-state index in [-0.39, 0.29) is 12.5 Å². The minimum atomic E-state index is -0.979. The Kier molecular flexibility index (Phi) is 3.51. The van der Waals surface area contributed by atoms with Crippen molar-refractivity contribution in [2.75, 3.05) is 6.54 Å². The van der Waals surface area contributed by atoms with E-state index in [2.05, 4.69) is 10.4 Å². The number of benzene rings is 1. The van der Waals surface area contributed by atoms with E-state index >= 15 is 0 Å². The summed E-state index contributed by atoms with van der Waals surface area (Å²) in [5, 5.41) is 17.7. The first kappa shape index (κ1) is 13.8. The predicted octanol–water partition coefficient (Wildman–Crippen LogP) is 1.37. The highest BCUT2D eigenvalue weighted by atomic mass is 16.3. The second-order valence-electron chi connectivity index (χ2n) is 5.63. The molecule has 3 rings (SSSR count). The molecule has 0 saturated heterocycles. The number of aromatic nitrogens is 2. The third-order valence-electron chi connectivity index (χ3n) is 4.06. The van der Waals surface area contributed by atoms with Crippen LogP contribution in [0.15, 0.2) is 36.7 Å².